The normalized spacial score (nSPS) is 18.8. The summed E-state index contributed by atoms with van der Waals surface area (Å²) in [6.45, 7) is 2.82. The van der Waals surface area contributed by atoms with Gasteiger partial charge in [0.25, 0.3) is 0 Å². The average molecular weight is 260 g/mol. The predicted octanol–water partition coefficient (Wildman–Crippen LogP) is 2.12. The van der Waals surface area contributed by atoms with Gasteiger partial charge in [0.2, 0.25) is 11.8 Å². The maximum Gasteiger partial charge on any atom is 0.229 e. The maximum atomic E-state index is 5.16. The number of methoxy groups -OCH3 is 1. The first-order valence-corrected chi connectivity index (χ1v) is 6.35. The first-order chi connectivity index (χ1) is 9.28. The number of nitrogens with zero attached hydrogens (tertiary/aromatic N) is 4. The molecular formula is C13H16N4O2. The number of hydrogen-bond donors (Lipinski definition) is 0. The first kappa shape index (κ1) is 12.0. The molecule has 19 heavy (non-hydrogen) atoms. The lowest BCUT2D eigenvalue weighted by molar-refractivity contribution is 0.384. The van der Waals surface area contributed by atoms with Gasteiger partial charge >= 0.3 is 0 Å². The van der Waals surface area contributed by atoms with E-state index in [0.717, 1.165) is 30.8 Å². The maximum absolute atomic E-state index is 5.16. The summed E-state index contributed by atoms with van der Waals surface area (Å²) in [6.07, 6.45) is 3.84. The van der Waals surface area contributed by atoms with E-state index in [4.69, 9.17) is 9.26 Å². The van der Waals surface area contributed by atoms with Crippen LogP contribution >= 0.6 is 0 Å². The van der Waals surface area contributed by atoms with Crippen molar-refractivity contribution >= 4 is 5.95 Å². The molecule has 0 saturated carbocycles. The Morgan fingerprint density at radius 2 is 2.37 bits per heavy atom. The van der Waals surface area contributed by atoms with E-state index in [1.165, 1.54) is 0 Å². The highest BCUT2D eigenvalue weighted by Crippen LogP contribution is 2.34. The van der Waals surface area contributed by atoms with Gasteiger partial charge in [-0.25, -0.2) is 4.98 Å². The molecule has 2 aromatic heterocycles. The Hall–Kier alpha value is -2.11. The van der Waals surface area contributed by atoms with Crippen LogP contribution in [0.3, 0.4) is 0 Å². The van der Waals surface area contributed by atoms with Crippen molar-refractivity contribution in [2.75, 3.05) is 18.6 Å². The monoisotopic (exact) mass is 260 g/mol. The van der Waals surface area contributed by atoms with Crippen LogP contribution in [-0.2, 0) is 0 Å². The van der Waals surface area contributed by atoms with Gasteiger partial charge in [-0.2, -0.15) is 4.98 Å². The molecule has 3 heterocycles. The van der Waals surface area contributed by atoms with E-state index >= 15 is 0 Å². The van der Waals surface area contributed by atoms with Crippen molar-refractivity contribution in [2.24, 2.45) is 0 Å². The molecule has 0 radical (unpaired) electrons. The summed E-state index contributed by atoms with van der Waals surface area (Å²) in [5, 5.41) is 4.11. The molecule has 1 saturated heterocycles. The third-order valence-electron chi connectivity index (χ3n) is 3.32. The largest absolute Gasteiger partial charge is 0.481 e. The first-order valence-electron chi connectivity index (χ1n) is 6.35. The SMILES string of the molecule is COc1ccnc(N2CCC[C@H]2c2cc(C)on2)n1. The van der Waals surface area contributed by atoms with Crippen LogP contribution in [0.1, 0.15) is 30.3 Å². The molecule has 0 bridgehead atoms. The Labute approximate surface area is 111 Å². The van der Waals surface area contributed by atoms with Crippen molar-refractivity contribution in [3.63, 3.8) is 0 Å². The lowest BCUT2D eigenvalue weighted by atomic mass is 10.1. The van der Waals surface area contributed by atoms with Gasteiger partial charge in [0.15, 0.2) is 0 Å². The van der Waals surface area contributed by atoms with Gasteiger partial charge in [0, 0.05) is 24.9 Å². The molecule has 3 rings (SSSR count). The Morgan fingerprint density at radius 3 is 3.11 bits per heavy atom. The summed E-state index contributed by atoms with van der Waals surface area (Å²) in [6, 6.07) is 3.90. The van der Waals surface area contributed by atoms with Crippen LogP contribution in [-0.4, -0.2) is 28.8 Å². The summed E-state index contributed by atoms with van der Waals surface area (Å²) >= 11 is 0. The molecule has 100 valence electrons. The third kappa shape index (κ3) is 2.25. The lowest BCUT2D eigenvalue weighted by Crippen LogP contribution is -2.24. The fraction of sp³-hybridized carbons (Fsp3) is 0.462. The number of aryl methyl sites for hydroxylation is 1. The van der Waals surface area contributed by atoms with Crippen molar-refractivity contribution in [3.8, 4) is 5.88 Å². The molecule has 0 aliphatic carbocycles. The number of anilines is 1. The van der Waals surface area contributed by atoms with Crippen LogP contribution in [0.4, 0.5) is 5.95 Å². The van der Waals surface area contributed by atoms with Gasteiger partial charge < -0.3 is 14.2 Å². The van der Waals surface area contributed by atoms with Gasteiger partial charge in [-0.1, -0.05) is 5.16 Å². The molecule has 1 aliphatic heterocycles. The Kier molecular flexibility index (Phi) is 3.06. The van der Waals surface area contributed by atoms with E-state index in [2.05, 4.69) is 20.0 Å². The van der Waals surface area contributed by atoms with Crippen LogP contribution in [0.25, 0.3) is 0 Å². The van der Waals surface area contributed by atoms with E-state index < -0.39 is 0 Å². The second-order valence-electron chi connectivity index (χ2n) is 4.61. The molecular weight excluding hydrogens is 244 g/mol. The standard InChI is InChI=1S/C13H16N4O2/c1-9-8-10(16-19-9)11-4-3-7-17(11)13-14-6-5-12(15-13)18-2/h5-6,8,11H,3-4,7H2,1-2H3/t11-/m0/s1. The lowest BCUT2D eigenvalue weighted by Gasteiger charge is -2.22. The molecule has 0 amide bonds. The topological polar surface area (TPSA) is 64.3 Å². The number of rotatable bonds is 3. The summed E-state index contributed by atoms with van der Waals surface area (Å²) in [5.74, 6) is 2.09. The van der Waals surface area contributed by atoms with Crippen LogP contribution in [0.15, 0.2) is 22.9 Å². The van der Waals surface area contributed by atoms with E-state index in [0.29, 0.717) is 11.8 Å². The highest BCUT2D eigenvalue weighted by Gasteiger charge is 2.30. The van der Waals surface area contributed by atoms with E-state index in [9.17, 15) is 0 Å². The van der Waals surface area contributed by atoms with Gasteiger partial charge in [0.05, 0.1) is 13.2 Å². The zero-order valence-corrected chi connectivity index (χ0v) is 11.0. The smallest absolute Gasteiger partial charge is 0.229 e. The molecule has 2 aromatic rings. The molecule has 6 heteroatoms. The minimum atomic E-state index is 0.185. The number of ether oxygens (including phenoxy) is 1. The molecule has 0 N–H and O–H groups in total. The average Bonchev–Trinajstić information content (AvgIpc) is 3.07. The second kappa shape index (κ2) is 4.87. The summed E-state index contributed by atoms with van der Waals surface area (Å²) < 4.78 is 10.3. The molecule has 1 aliphatic rings. The van der Waals surface area contributed by atoms with Crippen LogP contribution < -0.4 is 9.64 Å². The van der Waals surface area contributed by atoms with Gasteiger partial charge in [-0.05, 0) is 19.8 Å². The third-order valence-corrected chi connectivity index (χ3v) is 3.32. The number of aromatic nitrogens is 3. The molecule has 0 aromatic carbocycles. The summed E-state index contributed by atoms with van der Waals surface area (Å²) in [7, 11) is 1.61. The molecule has 6 nitrogen and oxygen atoms in total. The zero-order chi connectivity index (χ0) is 13.2. The Bertz CT molecular complexity index is 569. The van der Waals surface area contributed by atoms with Gasteiger partial charge in [-0.3, -0.25) is 0 Å². The fourth-order valence-corrected chi connectivity index (χ4v) is 2.44. The van der Waals surface area contributed by atoms with Gasteiger partial charge in [0.1, 0.15) is 11.5 Å². The fourth-order valence-electron chi connectivity index (χ4n) is 2.44. The van der Waals surface area contributed by atoms with Gasteiger partial charge in [-0.15, -0.1) is 0 Å². The van der Waals surface area contributed by atoms with Crippen molar-refractivity contribution < 1.29 is 9.26 Å². The van der Waals surface area contributed by atoms with E-state index in [1.807, 2.05) is 13.0 Å². The zero-order valence-electron chi connectivity index (χ0n) is 11.0. The molecule has 0 spiro atoms. The second-order valence-corrected chi connectivity index (χ2v) is 4.61. The Morgan fingerprint density at radius 1 is 1.47 bits per heavy atom. The highest BCUT2D eigenvalue weighted by atomic mass is 16.5. The van der Waals surface area contributed by atoms with Crippen molar-refractivity contribution in [1.82, 2.24) is 15.1 Å². The molecule has 1 atom stereocenters. The van der Waals surface area contributed by atoms with Crippen LogP contribution in [0, 0.1) is 6.92 Å². The number of hydrogen-bond acceptors (Lipinski definition) is 6. The van der Waals surface area contributed by atoms with Crippen molar-refractivity contribution in [3.05, 3.63) is 29.8 Å². The van der Waals surface area contributed by atoms with Crippen molar-refractivity contribution in [2.45, 2.75) is 25.8 Å². The summed E-state index contributed by atoms with van der Waals surface area (Å²) in [4.78, 5) is 10.9. The van der Waals surface area contributed by atoms with Crippen LogP contribution in [0.5, 0.6) is 5.88 Å². The minimum Gasteiger partial charge on any atom is -0.481 e. The molecule has 0 unspecified atom stereocenters. The highest BCUT2D eigenvalue weighted by molar-refractivity contribution is 5.37. The van der Waals surface area contributed by atoms with Crippen molar-refractivity contribution in [1.29, 1.82) is 0 Å². The van der Waals surface area contributed by atoms with E-state index in [-0.39, 0.29) is 6.04 Å². The minimum absolute atomic E-state index is 0.185. The van der Waals surface area contributed by atoms with E-state index in [1.54, 1.807) is 19.4 Å². The van der Waals surface area contributed by atoms with Crippen LogP contribution in [0.2, 0.25) is 0 Å². The summed E-state index contributed by atoms with van der Waals surface area (Å²) in [5.41, 5.74) is 0.946. The predicted molar refractivity (Wildman–Crippen MR) is 69.1 cm³/mol. The Balaban J connectivity index is 1.90. The quantitative estimate of drug-likeness (QED) is 0.842. The molecule has 1 fully saturated rings.